The summed E-state index contributed by atoms with van der Waals surface area (Å²) in [5.74, 6) is -3.22. The van der Waals surface area contributed by atoms with Crippen LogP contribution in [0.25, 0.3) is 0 Å². The van der Waals surface area contributed by atoms with Crippen LogP contribution in [0.3, 0.4) is 0 Å². The summed E-state index contributed by atoms with van der Waals surface area (Å²) in [4.78, 5) is 26.9. The van der Waals surface area contributed by atoms with Gasteiger partial charge in [-0.15, -0.1) is 0 Å². The van der Waals surface area contributed by atoms with E-state index in [0.717, 1.165) is 17.0 Å². The summed E-state index contributed by atoms with van der Waals surface area (Å²) >= 11 is 5.44. The molecule has 0 bridgehead atoms. The molecule has 1 fully saturated rings. The fraction of sp³-hybridized carbons (Fsp3) is 0.154. The highest BCUT2D eigenvalue weighted by Gasteiger charge is 2.51. The summed E-state index contributed by atoms with van der Waals surface area (Å²) in [5, 5.41) is 18.2. The van der Waals surface area contributed by atoms with Gasteiger partial charge in [-0.25, -0.2) is 9.18 Å². The van der Waals surface area contributed by atoms with Crippen LogP contribution in [-0.4, -0.2) is 27.6 Å². The maximum atomic E-state index is 15.1. The minimum absolute atomic E-state index is 0.0914. The molecule has 0 unspecified atom stereocenters. The van der Waals surface area contributed by atoms with Gasteiger partial charge in [-0.05, 0) is 68.5 Å². The largest absolute Gasteiger partial charge is 0.478 e. The molecule has 12 heteroatoms. The summed E-state index contributed by atoms with van der Waals surface area (Å²) in [6.45, 7) is 2.95. The molecule has 3 aromatic rings. The molecule has 1 amide bonds. The molecule has 1 saturated heterocycles. The number of nitriles is 1. The normalized spacial score (nSPS) is 15.0. The van der Waals surface area contributed by atoms with Crippen molar-refractivity contribution in [1.29, 1.82) is 5.26 Å². The molecule has 4 rings (SSSR count). The van der Waals surface area contributed by atoms with E-state index in [4.69, 9.17) is 22.2 Å². The first kappa shape index (κ1) is 26.6. The number of hydrogen-bond donors (Lipinski definition) is 1. The quantitative estimate of drug-likeness (QED) is 0.306. The van der Waals surface area contributed by atoms with E-state index in [2.05, 4.69) is 0 Å². The third kappa shape index (κ3) is 4.52. The number of halogens is 4. The zero-order valence-electron chi connectivity index (χ0n) is 19.7. The molecule has 0 aliphatic carbocycles. The molecule has 0 saturated carbocycles. The molecule has 1 N–H and O–H groups in total. The van der Waals surface area contributed by atoms with Crippen molar-refractivity contribution in [3.8, 4) is 17.6 Å². The average molecular weight is 543 g/mol. The lowest BCUT2D eigenvalue weighted by molar-refractivity contribution is -0.137. The van der Waals surface area contributed by atoms with Crippen molar-refractivity contribution in [1.82, 2.24) is 0 Å². The van der Waals surface area contributed by atoms with Crippen molar-refractivity contribution >= 4 is 40.6 Å². The fourth-order valence-electron chi connectivity index (χ4n) is 4.02. The van der Waals surface area contributed by atoms with Gasteiger partial charge in [-0.1, -0.05) is 12.1 Å². The van der Waals surface area contributed by atoms with E-state index >= 15 is 4.39 Å². The van der Waals surface area contributed by atoms with Gasteiger partial charge in [0.15, 0.2) is 16.7 Å². The zero-order chi connectivity index (χ0) is 28.0. The first-order valence-electron chi connectivity index (χ1n) is 10.9. The second-order valence-corrected chi connectivity index (χ2v) is 9.04. The Morgan fingerprint density at radius 2 is 1.71 bits per heavy atom. The van der Waals surface area contributed by atoms with Gasteiger partial charge >= 0.3 is 12.1 Å². The maximum Gasteiger partial charge on any atom is 0.417 e. The number of benzene rings is 3. The van der Waals surface area contributed by atoms with E-state index in [1.54, 1.807) is 0 Å². The summed E-state index contributed by atoms with van der Waals surface area (Å²) < 4.78 is 61.1. The van der Waals surface area contributed by atoms with Crippen LogP contribution in [-0.2, 0) is 11.0 Å². The number of amides is 1. The molecule has 7 nitrogen and oxygen atoms in total. The van der Waals surface area contributed by atoms with Crippen molar-refractivity contribution in [2.45, 2.75) is 25.6 Å². The van der Waals surface area contributed by atoms with E-state index in [1.165, 1.54) is 67.3 Å². The van der Waals surface area contributed by atoms with Crippen LogP contribution in [0.2, 0.25) is 0 Å². The molecular formula is C26H17F4N3O4S. The number of aromatic carboxylic acids is 1. The number of hydrogen-bond acceptors (Lipinski definition) is 5. The first-order valence-corrected chi connectivity index (χ1v) is 11.3. The first-order chi connectivity index (χ1) is 17.8. The van der Waals surface area contributed by atoms with Gasteiger partial charge in [0.1, 0.15) is 16.9 Å². The summed E-state index contributed by atoms with van der Waals surface area (Å²) in [6, 6.07) is 13.6. The van der Waals surface area contributed by atoms with Crippen LogP contribution in [0, 0.1) is 17.1 Å². The number of nitrogens with zero attached hydrogens (tertiary/aromatic N) is 3. The fourth-order valence-corrected chi connectivity index (χ4v) is 4.54. The van der Waals surface area contributed by atoms with Gasteiger partial charge in [0.2, 0.25) is 0 Å². The Labute approximate surface area is 219 Å². The van der Waals surface area contributed by atoms with E-state index in [0.29, 0.717) is 6.07 Å². The SMILES string of the molecule is CC1(C)C(=O)N(c2ccc(C#N)c(C(F)(F)F)c2)C(=S)N1c1ccc(Oc2ccccc2C(=O)O)c(F)c1. The second-order valence-electron chi connectivity index (χ2n) is 8.68. The van der Waals surface area contributed by atoms with Gasteiger partial charge in [-0.2, -0.15) is 18.4 Å². The predicted molar refractivity (Wildman–Crippen MR) is 133 cm³/mol. The number of para-hydroxylation sites is 1. The highest BCUT2D eigenvalue weighted by Crippen LogP contribution is 2.40. The lowest BCUT2D eigenvalue weighted by Gasteiger charge is -2.29. The van der Waals surface area contributed by atoms with Crippen LogP contribution >= 0.6 is 12.2 Å². The summed E-state index contributed by atoms with van der Waals surface area (Å²) in [5.41, 5.74) is -3.53. The molecule has 0 radical (unpaired) electrons. The van der Waals surface area contributed by atoms with Crippen LogP contribution < -0.4 is 14.5 Å². The standard InChI is InChI=1S/C26H17F4N3O4S/c1-25(2)23(36)32(15-8-7-14(13-31)18(11-15)26(28,29)30)24(38)33(25)16-9-10-21(19(27)12-16)37-20-6-4-3-5-17(20)22(34)35/h3-12H,1-2H3,(H,34,35). The van der Waals surface area contributed by atoms with Crippen molar-refractivity contribution in [3.05, 3.63) is 83.2 Å². The molecule has 1 aliphatic rings. The Kier molecular flexibility index (Phi) is 6.59. The van der Waals surface area contributed by atoms with Crippen LogP contribution in [0.4, 0.5) is 28.9 Å². The smallest absolute Gasteiger partial charge is 0.417 e. The third-order valence-electron chi connectivity index (χ3n) is 5.87. The van der Waals surface area contributed by atoms with Gasteiger partial charge in [0.25, 0.3) is 5.91 Å². The highest BCUT2D eigenvalue weighted by molar-refractivity contribution is 7.81. The molecule has 1 aliphatic heterocycles. The predicted octanol–water partition coefficient (Wildman–Crippen LogP) is 6.12. The Morgan fingerprint density at radius 1 is 1.05 bits per heavy atom. The molecular weight excluding hydrogens is 526 g/mol. The second kappa shape index (κ2) is 9.42. The van der Waals surface area contributed by atoms with E-state index < -0.39 is 40.5 Å². The van der Waals surface area contributed by atoms with Gasteiger partial charge in [-0.3, -0.25) is 9.69 Å². The maximum absolute atomic E-state index is 15.1. The minimum Gasteiger partial charge on any atom is -0.478 e. The van der Waals surface area contributed by atoms with E-state index in [9.17, 15) is 27.9 Å². The Hall–Kier alpha value is -4.50. The zero-order valence-corrected chi connectivity index (χ0v) is 20.5. The van der Waals surface area contributed by atoms with Crippen molar-refractivity contribution < 1.29 is 37.0 Å². The molecule has 38 heavy (non-hydrogen) atoms. The van der Waals surface area contributed by atoms with Crippen LogP contribution in [0.5, 0.6) is 11.5 Å². The average Bonchev–Trinajstić information content (AvgIpc) is 3.03. The van der Waals surface area contributed by atoms with Crippen molar-refractivity contribution in [2.24, 2.45) is 0 Å². The van der Waals surface area contributed by atoms with Crippen molar-refractivity contribution in [2.75, 3.05) is 9.80 Å². The monoisotopic (exact) mass is 543 g/mol. The number of ether oxygens (including phenoxy) is 1. The number of anilines is 2. The molecule has 0 atom stereocenters. The molecule has 194 valence electrons. The van der Waals surface area contributed by atoms with Gasteiger partial charge in [0.05, 0.1) is 22.9 Å². The van der Waals surface area contributed by atoms with E-state index in [1.807, 2.05) is 0 Å². The number of carboxylic acids is 1. The topological polar surface area (TPSA) is 93.9 Å². The lowest BCUT2D eigenvalue weighted by Crippen LogP contribution is -2.44. The molecule has 0 spiro atoms. The van der Waals surface area contributed by atoms with Crippen LogP contribution in [0.15, 0.2) is 60.7 Å². The van der Waals surface area contributed by atoms with Gasteiger partial charge < -0.3 is 14.7 Å². The number of carbonyl (C=O) groups excluding carboxylic acids is 1. The summed E-state index contributed by atoms with van der Waals surface area (Å²) in [7, 11) is 0. The number of alkyl halides is 3. The Morgan fingerprint density at radius 3 is 2.32 bits per heavy atom. The number of carboxylic acid groups (broad SMARTS) is 1. The Bertz CT molecular complexity index is 1530. The molecule has 3 aromatic carbocycles. The number of rotatable bonds is 5. The van der Waals surface area contributed by atoms with Crippen LogP contribution in [0.1, 0.15) is 35.3 Å². The molecule has 1 heterocycles. The Balaban J connectivity index is 1.71. The number of thiocarbonyl (C=S) groups is 1. The van der Waals surface area contributed by atoms with Gasteiger partial charge in [0, 0.05) is 11.8 Å². The third-order valence-corrected chi connectivity index (χ3v) is 6.23. The lowest BCUT2D eigenvalue weighted by atomic mass is 10.0. The van der Waals surface area contributed by atoms with E-state index in [-0.39, 0.29) is 33.5 Å². The molecule has 0 aromatic heterocycles. The number of carbonyl (C=O) groups is 2. The minimum atomic E-state index is -4.85. The highest BCUT2D eigenvalue weighted by atomic mass is 32.1. The van der Waals surface area contributed by atoms with Crippen molar-refractivity contribution in [3.63, 3.8) is 0 Å². The summed E-state index contributed by atoms with van der Waals surface area (Å²) in [6.07, 6.45) is -4.85.